The maximum Gasteiger partial charge on any atom is 0.196 e. The Hall–Kier alpha value is -2.86. The maximum absolute atomic E-state index is 12.3. The standard InChI is InChI=1S/C16H9NO2/c17-9-10-1-3-11(4-2-10)16(19)14-7-12-5-6-13(12)8-15(14)18/h1-8,18H. The van der Waals surface area contributed by atoms with Gasteiger partial charge in [0.05, 0.1) is 17.2 Å². The van der Waals surface area contributed by atoms with Crippen LogP contribution in [-0.2, 0) is 0 Å². The molecule has 0 aliphatic heterocycles. The Morgan fingerprint density at radius 1 is 1.05 bits per heavy atom. The lowest BCUT2D eigenvalue weighted by molar-refractivity contribution is 0.103. The third-order valence-corrected chi connectivity index (χ3v) is 3.16. The summed E-state index contributed by atoms with van der Waals surface area (Å²) in [6, 6.07) is 11.6. The van der Waals surface area contributed by atoms with Crippen LogP contribution in [0.15, 0.2) is 36.4 Å². The molecular weight excluding hydrogens is 238 g/mol. The van der Waals surface area contributed by atoms with Gasteiger partial charge in [0, 0.05) is 5.56 Å². The fourth-order valence-corrected chi connectivity index (χ4v) is 2.03. The van der Waals surface area contributed by atoms with E-state index in [9.17, 15) is 9.90 Å². The average Bonchev–Trinajstić information content (AvgIpc) is 2.42. The minimum Gasteiger partial charge on any atom is -0.507 e. The second kappa shape index (κ2) is 4.11. The molecule has 19 heavy (non-hydrogen) atoms. The summed E-state index contributed by atoms with van der Waals surface area (Å²) in [5, 5.41) is 18.6. The van der Waals surface area contributed by atoms with Crippen molar-refractivity contribution in [3.8, 4) is 11.8 Å². The highest BCUT2D eigenvalue weighted by Crippen LogP contribution is 2.31. The monoisotopic (exact) mass is 247 g/mol. The fraction of sp³-hybridized carbons (Fsp3) is 0. The van der Waals surface area contributed by atoms with Crippen molar-refractivity contribution < 1.29 is 9.90 Å². The lowest BCUT2D eigenvalue weighted by Gasteiger charge is -2.13. The molecule has 1 aliphatic rings. The van der Waals surface area contributed by atoms with Gasteiger partial charge in [-0.1, -0.05) is 12.2 Å². The van der Waals surface area contributed by atoms with Crippen LogP contribution in [0.3, 0.4) is 0 Å². The highest BCUT2D eigenvalue weighted by molar-refractivity contribution is 6.11. The largest absolute Gasteiger partial charge is 0.507 e. The first-order chi connectivity index (χ1) is 9.19. The van der Waals surface area contributed by atoms with Gasteiger partial charge in [0.2, 0.25) is 0 Å². The van der Waals surface area contributed by atoms with Crippen molar-refractivity contribution in [1.82, 2.24) is 0 Å². The molecule has 0 atom stereocenters. The number of rotatable bonds is 2. The summed E-state index contributed by atoms with van der Waals surface area (Å²) in [7, 11) is 0. The molecule has 2 aromatic carbocycles. The van der Waals surface area contributed by atoms with Gasteiger partial charge in [0.1, 0.15) is 5.75 Å². The minimum absolute atomic E-state index is 0.0162. The van der Waals surface area contributed by atoms with E-state index in [1.165, 1.54) is 0 Å². The summed E-state index contributed by atoms with van der Waals surface area (Å²) in [6.45, 7) is 0. The van der Waals surface area contributed by atoms with Crippen LogP contribution in [0.2, 0.25) is 0 Å². The average molecular weight is 247 g/mol. The van der Waals surface area contributed by atoms with Gasteiger partial charge >= 0.3 is 0 Å². The molecule has 0 radical (unpaired) electrons. The Morgan fingerprint density at radius 2 is 1.68 bits per heavy atom. The van der Waals surface area contributed by atoms with Crippen molar-refractivity contribution >= 4 is 17.9 Å². The molecule has 2 aromatic rings. The second-order valence-electron chi connectivity index (χ2n) is 4.35. The zero-order valence-corrected chi connectivity index (χ0v) is 9.92. The minimum atomic E-state index is -0.245. The van der Waals surface area contributed by atoms with Crippen LogP contribution < -0.4 is 0 Å². The van der Waals surface area contributed by atoms with Gasteiger partial charge in [-0.15, -0.1) is 0 Å². The van der Waals surface area contributed by atoms with E-state index in [1.54, 1.807) is 36.4 Å². The van der Waals surface area contributed by atoms with Crippen molar-refractivity contribution in [3.05, 3.63) is 64.2 Å². The first-order valence-corrected chi connectivity index (χ1v) is 5.79. The number of nitriles is 1. The van der Waals surface area contributed by atoms with Crippen LogP contribution in [0.4, 0.5) is 0 Å². The highest BCUT2D eigenvalue weighted by Gasteiger charge is 2.17. The molecule has 1 N–H and O–H groups in total. The van der Waals surface area contributed by atoms with Crippen LogP contribution in [-0.4, -0.2) is 10.9 Å². The van der Waals surface area contributed by atoms with Gasteiger partial charge in [-0.3, -0.25) is 4.79 Å². The first kappa shape index (κ1) is 11.2. The topological polar surface area (TPSA) is 61.1 Å². The van der Waals surface area contributed by atoms with E-state index in [0.717, 1.165) is 11.1 Å². The van der Waals surface area contributed by atoms with Crippen molar-refractivity contribution in [2.75, 3.05) is 0 Å². The Balaban J connectivity index is 2.00. The van der Waals surface area contributed by atoms with Crippen molar-refractivity contribution in [3.63, 3.8) is 0 Å². The van der Waals surface area contributed by atoms with Crippen LogP contribution in [0.1, 0.15) is 32.6 Å². The Kier molecular flexibility index (Phi) is 2.43. The molecule has 0 spiro atoms. The molecule has 0 aromatic heterocycles. The van der Waals surface area contributed by atoms with Gasteiger partial charge in [-0.25, -0.2) is 0 Å². The molecule has 0 unspecified atom stereocenters. The molecule has 0 saturated heterocycles. The number of hydrogen-bond acceptors (Lipinski definition) is 3. The SMILES string of the molecule is N#Cc1ccc(C(=O)c2cc3c(cc2O)C=C3)cc1. The van der Waals surface area contributed by atoms with Crippen molar-refractivity contribution in [1.29, 1.82) is 5.26 Å². The summed E-state index contributed by atoms with van der Waals surface area (Å²) in [5.74, 6) is -0.262. The van der Waals surface area contributed by atoms with E-state index in [4.69, 9.17) is 5.26 Å². The van der Waals surface area contributed by atoms with Gasteiger partial charge in [0.15, 0.2) is 5.78 Å². The van der Waals surface area contributed by atoms with Crippen LogP contribution in [0, 0.1) is 11.3 Å². The molecule has 3 nitrogen and oxygen atoms in total. The molecule has 0 saturated carbocycles. The Morgan fingerprint density at radius 3 is 2.26 bits per heavy atom. The van der Waals surface area contributed by atoms with E-state index in [0.29, 0.717) is 11.1 Å². The predicted octanol–water partition coefficient (Wildman–Crippen LogP) is 2.98. The lowest BCUT2D eigenvalue weighted by Crippen LogP contribution is -2.04. The van der Waals surface area contributed by atoms with E-state index in [1.807, 2.05) is 18.2 Å². The number of benzene rings is 2. The van der Waals surface area contributed by atoms with Gasteiger partial charge in [-0.05, 0) is 47.5 Å². The van der Waals surface area contributed by atoms with Gasteiger partial charge < -0.3 is 5.11 Å². The molecule has 90 valence electrons. The molecule has 0 amide bonds. The Bertz CT molecular complexity index is 750. The van der Waals surface area contributed by atoms with Crippen molar-refractivity contribution in [2.45, 2.75) is 0 Å². The summed E-state index contributed by atoms with van der Waals surface area (Å²) >= 11 is 0. The van der Waals surface area contributed by atoms with Crippen LogP contribution >= 0.6 is 0 Å². The van der Waals surface area contributed by atoms with E-state index >= 15 is 0 Å². The summed E-state index contributed by atoms with van der Waals surface area (Å²) in [4.78, 5) is 12.3. The quantitative estimate of drug-likeness (QED) is 0.708. The summed E-state index contributed by atoms with van der Waals surface area (Å²) < 4.78 is 0. The molecule has 0 bridgehead atoms. The number of carbonyl (C=O) groups excluding carboxylic acids is 1. The molecule has 1 aliphatic carbocycles. The molecular formula is C16H9NO2. The van der Waals surface area contributed by atoms with Crippen molar-refractivity contribution in [2.24, 2.45) is 0 Å². The summed E-state index contributed by atoms with van der Waals surface area (Å²) in [6.07, 6.45) is 3.77. The highest BCUT2D eigenvalue weighted by atomic mass is 16.3. The Labute approximate surface area is 110 Å². The lowest BCUT2D eigenvalue weighted by atomic mass is 9.92. The van der Waals surface area contributed by atoms with E-state index in [-0.39, 0.29) is 17.1 Å². The molecule has 0 fully saturated rings. The number of carbonyl (C=O) groups is 1. The number of phenolic OH excluding ortho intramolecular Hbond substituents is 1. The number of ketones is 1. The smallest absolute Gasteiger partial charge is 0.196 e. The predicted molar refractivity (Wildman–Crippen MR) is 71.6 cm³/mol. The number of hydrogen-bond donors (Lipinski definition) is 1. The summed E-state index contributed by atoms with van der Waals surface area (Å²) in [5.41, 5.74) is 3.13. The van der Waals surface area contributed by atoms with Crippen LogP contribution in [0.25, 0.3) is 12.2 Å². The van der Waals surface area contributed by atoms with Gasteiger partial charge in [0.25, 0.3) is 0 Å². The van der Waals surface area contributed by atoms with Crippen LogP contribution in [0.5, 0.6) is 5.75 Å². The zero-order chi connectivity index (χ0) is 13.4. The number of nitrogens with zero attached hydrogens (tertiary/aromatic N) is 1. The molecule has 0 heterocycles. The molecule has 3 heteroatoms. The number of phenols is 1. The third kappa shape index (κ3) is 1.80. The normalized spacial score (nSPS) is 11.3. The first-order valence-electron chi connectivity index (χ1n) is 5.79. The van der Waals surface area contributed by atoms with Gasteiger partial charge in [-0.2, -0.15) is 5.26 Å². The number of aromatic hydroxyl groups is 1. The number of fused-ring (bicyclic) bond motifs is 1. The zero-order valence-electron chi connectivity index (χ0n) is 9.92. The van der Waals surface area contributed by atoms with E-state index < -0.39 is 0 Å². The van der Waals surface area contributed by atoms with E-state index in [2.05, 4.69) is 0 Å². The third-order valence-electron chi connectivity index (χ3n) is 3.16. The second-order valence-corrected chi connectivity index (χ2v) is 4.35. The fourth-order valence-electron chi connectivity index (χ4n) is 2.03. The molecule has 3 rings (SSSR count). The maximum atomic E-state index is 12.3.